The van der Waals surface area contributed by atoms with Gasteiger partial charge in [-0.15, -0.1) is 24.8 Å². The summed E-state index contributed by atoms with van der Waals surface area (Å²) in [6, 6.07) is 1.86. The molecule has 4 aliphatic rings. The van der Waals surface area contributed by atoms with Crippen LogP contribution < -0.4 is 10.6 Å². The smallest absolute Gasteiger partial charge is 0.237 e. The Kier molecular flexibility index (Phi) is 7.02. The molecule has 3 saturated heterocycles. The number of hydrogen-bond donors (Lipinski definition) is 2. The fraction of sp³-hybridized carbons (Fsp3) is 0.941. The highest BCUT2D eigenvalue weighted by Gasteiger charge is 2.39. The van der Waals surface area contributed by atoms with Crippen LogP contribution in [-0.4, -0.2) is 48.1 Å². The quantitative estimate of drug-likeness (QED) is 0.791. The lowest BCUT2D eigenvalue weighted by molar-refractivity contribution is -0.124. The van der Waals surface area contributed by atoms with Crippen molar-refractivity contribution in [3.05, 3.63) is 0 Å². The van der Waals surface area contributed by atoms with E-state index in [-0.39, 0.29) is 36.8 Å². The van der Waals surface area contributed by atoms with E-state index < -0.39 is 0 Å². The normalized spacial score (nSPS) is 39.6. The molecule has 3 heterocycles. The maximum Gasteiger partial charge on any atom is 0.237 e. The van der Waals surface area contributed by atoms with Gasteiger partial charge in [-0.25, -0.2) is 0 Å². The first-order chi connectivity index (χ1) is 10.3. The maximum atomic E-state index is 12.6. The molecule has 4 nitrogen and oxygen atoms in total. The summed E-state index contributed by atoms with van der Waals surface area (Å²) in [5, 5.41) is 6.96. The third-order valence-corrected chi connectivity index (χ3v) is 6.35. The van der Waals surface area contributed by atoms with E-state index in [1.54, 1.807) is 0 Å². The molecule has 1 saturated carbocycles. The van der Waals surface area contributed by atoms with Crippen molar-refractivity contribution < 1.29 is 4.79 Å². The van der Waals surface area contributed by atoms with Crippen LogP contribution in [0.4, 0.5) is 0 Å². The van der Waals surface area contributed by atoms with Gasteiger partial charge in [-0.3, -0.25) is 4.79 Å². The molecule has 0 aromatic rings. The molecule has 0 aromatic carbocycles. The molecule has 23 heavy (non-hydrogen) atoms. The molecule has 0 radical (unpaired) electrons. The van der Waals surface area contributed by atoms with Crippen LogP contribution in [0.5, 0.6) is 0 Å². The number of piperidine rings is 1. The Bertz CT molecular complexity index is 395. The van der Waals surface area contributed by atoms with Crippen molar-refractivity contribution >= 4 is 30.7 Å². The van der Waals surface area contributed by atoms with Crippen molar-refractivity contribution in [2.45, 2.75) is 82.0 Å². The third-order valence-electron chi connectivity index (χ3n) is 6.35. The number of carbonyl (C=O) groups is 1. The summed E-state index contributed by atoms with van der Waals surface area (Å²) in [6.07, 6.45) is 11.3. The molecule has 5 unspecified atom stereocenters. The van der Waals surface area contributed by atoms with E-state index in [2.05, 4.69) is 15.5 Å². The minimum Gasteiger partial charge on any atom is -0.352 e. The molecule has 1 amide bonds. The molecule has 4 rings (SSSR count). The molecule has 0 aromatic heterocycles. The highest BCUT2D eigenvalue weighted by atomic mass is 35.5. The van der Waals surface area contributed by atoms with E-state index in [4.69, 9.17) is 0 Å². The van der Waals surface area contributed by atoms with Crippen molar-refractivity contribution in [2.24, 2.45) is 5.92 Å². The van der Waals surface area contributed by atoms with Crippen LogP contribution in [0.1, 0.15) is 57.8 Å². The Labute approximate surface area is 152 Å². The van der Waals surface area contributed by atoms with Gasteiger partial charge in [0.2, 0.25) is 5.91 Å². The van der Waals surface area contributed by atoms with Gasteiger partial charge in [0.25, 0.3) is 0 Å². The summed E-state index contributed by atoms with van der Waals surface area (Å²) in [4.78, 5) is 15.2. The van der Waals surface area contributed by atoms with Crippen molar-refractivity contribution in [3.63, 3.8) is 0 Å². The van der Waals surface area contributed by atoms with E-state index in [9.17, 15) is 4.79 Å². The predicted molar refractivity (Wildman–Crippen MR) is 97.5 cm³/mol. The second-order valence-corrected chi connectivity index (χ2v) is 7.67. The zero-order valence-corrected chi connectivity index (χ0v) is 15.5. The summed E-state index contributed by atoms with van der Waals surface area (Å²) in [5.74, 6) is 1.03. The molecule has 3 aliphatic heterocycles. The van der Waals surface area contributed by atoms with Gasteiger partial charge in [0, 0.05) is 24.7 Å². The second kappa shape index (κ2) is 8.37. The Morgan fingerprint density at radius 3 is 2.61 bits per heavy atom. The number of halogens is 2. The van der Waals surface area contributed by atoms with Crippen molar-refractivity contribution in [3.8, 4) is 0 Å². The summed E-state index contributed by atoms with van der Waals surface area (Å²) in [6.45, 7) is 2.46. The van der Waals surface area contributed by atoms with E-state index in [0.717, 1.165) is 24.8 Å². The van der Waals surface area contributed by atoms with Crippen molar-refractivity contribution in [1.82, 2.24) is 15.5 Å². The van der Waals surface area contributed by atoms with Crippen molar-refractivity contribution in [2.75, 3.05) is 13.1 Å². The summed E-state index contributed by atoms with van der Waals surface area (Å²) in [7, 11) is 0. The number of fused-ring (bicyclic) bond motifs is 2. The highest BCUT2D eigenvalue weighted by molar-refractivity contribution is 5.85. The number of hydrogen-bond acceptors (Lipinski definition) is 3. The van der Waals surface area contributed by atoms with Crippen LogP contribution in [0.3, 0.4) is 0 Å². The van der Waals surface area contributed by atoms with Gasteiger partial charge in [-0.2, -0.15) is 0 Å². The predicted octanol–water partition coefficient (Wildman–Crippen LogP) is 2.49. The first-order valence-electron chi connectivity index (χ1n) is 9.10. The number of amides is 1. The Morgan fingerprint density at radius 2 is 1.78 bits per heavy atom. The molecular formula is C17H31Cl2N3O. The Morgan fingerprint density at radius 1 is 0.957 bits per heavy atom. The van der Waals surface area contributed by atoms with Gasteiger partial charge in [0.15, 0.2) is 0 Å². The zero-order valence-electron chi connectivity index (χ0n) is 13.8. The fourth-order valence-corrected chi connectivity index (χ4v) is 5.18. The standard InChI is InChI=1S/C17H29N3O.2ClH/c21-17(16-10-12-4-1-2-6-15(12)19-16)18-13-7-9-20-8-3-5-14(20)11-13;;/h12-16,19H,1-11H2,(H,18,21);2*1H. The molecule has 5 atom stereocenters. The summed E-state index contributed by atoms with van der Waals surface area (Å²) < 4.78 is 0. The lowest BCUT2D eigenvalue weighted by Crippen LogP contribution is -2.51. The van der Waals surface area contributed by atoms with Crippen LogP contribution in [0.25, 0.3) is 0 Å². The maximum absolute atomic E-state index is 12.6. The van der Waals surface area contributed by atoms with Crippen LogP contribution in [0.15, 0.2) is 0 Å². The molecule has 2 N–H and O–H groups in total. The van der Waals surface area contributed by atoms with Crippen LogP contribution >= 0.6 is 24.8 Å². The number of nitrogens with one attached hydrogen (secondary N) is 2. The van der Waals surface area contributed by atoms with E-state index in [1.807, 2.05) is 0 Å². The summed E-state index contributed by atoms with van der Waals surface area (Å²) in [5.41, 5.74) is 0. The van der Waals surface area contributed by atoms with Crippen LogP contribution in [-0.2, 0) is 4.79 Å². The monoisotopic (exact) mass is 363 g/mol. The van der Waals surface area contributed by atoms with E-state index in [1.165, 1.54) is 58.0 Å². The van der Waals surface area contributed by atoms with E-state index in [0.29, 0.717) is 12.1 Å². The third kappa shape index (κ3) is 4.15. The molecule has 0 bridgehead atoms. The lowest BCUT2D eigenvalue weighted by atomic mass is 9.85. The second-order valence-electron chi connectivity index (χ2n) is 7.67. The summed E-state index contributed by atoms with van der Waals surface area (Å²) >= 11 is 0. The first-order valence-corrected chi connectivity index (χ1v) is 9.10. The lowest BCUT2D eigenvalue weighted by Gasteiger charge is -2.35. The molecular weight excluding hydrogens is 333 g/mol. The van der Waals surface area contributed by atoms with Gasteiger partial charge in [-0.05, 0) is 57.4 Å². The number of carbonyl (C=O) groups excluding carboxylic acids is 1. The number of nitrogens with zero attached hydrogens (tertiary/aromatic N) is 1. The highest BCUT2D eigenvalue weighted by Crippen LogP contribution is 2.33. The van der Waals surface area contributed by atoms with Gasteiger partial charge in [0.1, 0.15) is 0 Å². The zero-order chi connectivity index (χ0) is 14.2. The molecule has 134 valence electrons. The minimum atomic E-state index is 0. The molecule has 1 aliphatic carbocycles. The average molecular weight is 364 g/mol. The first kappa shape index (κ1) is 19.3. The van der Waals surface area contributed by atoms with Gasteiger partial charge in [-0.1, -0.05) is 12.8 Å². The average Bonchev–Trinajstić information content (AvgIpc) is 3.13. The molecule has 0 spiro atoms. The number of rotatable bonds is 2. The van der Waals surface area contributed by atoms with Gasteiger partial charge in [0.05, 0.1) is 6.04 Å². The van der Waals surface area contributed by atoms with E-state index >= 15 is 0 Å². The Hall–Kier alpha value is -0.0300. The minimum absolute atomic E-state index is 0. The SMILES string of the molecule is Cl.Cl.O=C(NC1CCN2CCCC2C1)C1CC2CCCCC2N1. The topological polar surface area (TPSA) is 44.4 Å². The molecule has 4 fully saturated rings. The van der Waals surface area contributed by atoms with Crippen LogP contribution in [0, 0.1) is 5.92 Å². The van der Waals surface area contributed by atoms with Crippen molar-refractivity contribution in [1.29, 1.82) is 0 Å². The van der Waals surface area contributed by atoms with Gasteiger partial charge < -0.3 is 15.5 Å². The molecule has 6 heteroatoms. The Balaban J connectivity index is 0.000000960. The largest absolute Gasteiger partial charge is 0.352 e. The van der Waals surface area contributed by atoms with Crippen LogP contribution in [0.2, 0.25) is 0 Å². The fourth-order valence-electron chi connectivity index (χ4n) is 5.18. The van der Waals surface area contributed by atoms with Gasteiger partial charge >= 0.3 is 0 Å².